The summed E-state index contributed by atoms with van der Waals surface area (Å²) in [6, 6.07) is 0. The maximum atomic E-state index is 11.0. The average molecular weight is 238 g/mol. The molecule has 0 saturated heterocycles. The molecular weight excluding hydrogens is 220 g/mol. The molecule has 0 saturated carbocycles. The van der Waals surface area contributed by atoms with E-state index in [0.717, 1.165) is 24.2 Å². The van der Waals surface area contributed by atoms with Gasteiger partial charge in [-0.25, -0.2) is 9.78 Å². The molecule has 6 heteroatoms. The third kappa shape index (κ3) is 3.12. The number of carboxylic acid groups (broad SMARTS) is 1. The first-order valence-corrected chi connectivity index (χ1v) is 5.64. The van der Waals surface area contributed by atoms with Crippen LogP contribution in [0.2, 0.25) is 0 Å². The molecule has 1 heterocycles. The lowest BCUT2D eigenvalue weighted by Crippen LogP contribution is -2.40. The molecule has 0 aliphatic heterocycles. The van der Waals surface area contributed by atoms with Gasteiger partial charge >= 0.3 is 5.97 Å². The molecule has 0 atom stereocenters. The lowest BCUT2D eigenvalue weighted by molar-refractivity contribution is -0.141. The number of hydrogen-bond donors (Lipinski definition) is 2. The van der Waals surface area contributed by atoms with Crippen molar-refractivity contribution in [2.75, 3.05) is 5.32 Å². The second kappa shape index (κ2) is 5.07. The van der Waals surface area contributed by atoms with E-state index in [1.807, 2.05) is 13.8 Å². The fourth-order valence-electron chi connectivity index (χ4n) is 1.32. The Kier molecular flexibility index (Phi) is 3.98. The molecule has 0 spiro atoms. The van der Waals surface area contributed by atoms with Gasteiger partial charge in [-0.2, -0.15) is 5.10 Å². The van der Waals surface area contributed by atoms with Gasteiger partial charge in [-0.1, -0.05) is 13.8 Å². The van der Waals surface area contributed by atoms with E-state index < -0.39 is 11.5 Å². The van der Waals surface area contributed by atoms with Crippen LogP contribution in [0, 0.1) is 0 Å². The first-order valence-electron chi connectivity index (χ1n) is 5.64. The third-order valence-corrected chi connectivity index (χ3v) is 2.47. The predicted octanol–water partition coefficient (Wildman–Crippen LogP) is 1.27. The van der Waals surface area contributed by atoms with E-state index in [9.17, 15) is 4.79 Å². The normalized spacial score (nSPS) is 11.3. The van der Waals surface area contributed by atoms with E-state index in [-0.39, 0.29) is 5.95 Å². The molecule has 94 valence electrons. The molecule has 1 aromatic rings. The number of hydrogen-bond acceptors (Lipinski definition) is 5. The van der Waals surface area contributed by atoms with Gasteiger partial charge in [0, 0.05) is 0 Å². The molecular formula is C11H18N4O2. The van der Waals surface area contributed by atoms with Crippen molar-refractivity contribution in [3.8, 4) is 0 Å². The Morgan fingerprint density at radius 2 is 1.82 bits per heavy atom. The van der Waals surface area contributed by atoms with Crippen LogP contribution in [-0.2, 0) is 17.6 Å². The Labute approximate surface area is 100 Å². The number of nitrogens with one attached hydrogen (secondary N) is 1. The van der Waals surface area contributed by atoms with Gasteiger partial charge < -0.3 is 10.4 Å². The highest BCUT2D eigenvalue weighted by Crippen LogP contribution is 2.12. The van der Waals surface area contributed by atoms with E-state index in [2.05, 4.69) is 20.5 Å². The second-order valence-electron chi connectivity index (χ2n) is 4.29. The van der Waals surface area contributed by atoms with Crippen molar-refractivity contribution in [2.24, 2.45) is 0 Å². The summed E-state index contributed by atoms with van der Waals surface area (Å²) in [5.41, 5.74) is 0.595. The quantitative estimate of drug-likeness (QED) is 0.803. The van der Waals surface area contributed by atoms with Crippen LogP contribution in [0.5, 0.6) is 0 Å². The van der Waals surface area contributed by atoms with Gasteiger partial charge in [0.05, 0.1) is 11.4 Å². The molecule has 0 aliphatic carbocycles. The number of carbonyl (C=O) groups is 1. The highest BCUT2D eigenvalue weighted by atomic mass is 16.4. The van der Waals surface area contributed by atoms with Gasteiger partial charge in [-0.05, 0) is 26.7 Å². The predicted molar refractivity (Wildman–Crippen MR) is 63.9 cm³/mol. The summed E-state index contributed by atoms with van der Waals surface area (Å²) < 4.78 is 0. The minimum absolute atomic E-state index is 0.256. The van der Waals surface area contributed by atoms with Crippen molar-refractivity contribution >= 4 is 11.9 Å². The van der Waals surface area contributed by atoms with Crippen LogP contribution in [0.3, 0.4) is 0 Å². The van der Waals surface area contributed by atoms with Crippen LogP contribution in [0.1, 0.15) is 39.1 Å². The molecule has 0 aliphatic rings. The molecule has 0 radical (unpaired) electrons. The van der Waals surface area contributed by atoms with Crippen molar-refractivity contribution in [3.05, 3.63) is 11.4 Å². The minimum Gasteiger partial charge on any atom is -0.480 e. The van der Waals surface area contributed by atoms with E-state index in [0.29, 0.717) is 0 Å². The summed E-state index contributed by atoms with van der Waals surface area (Å²) in [6.45, 7) is 7.07. The molecule has 17 heavy (non-hydrogen) atoms. The molecule has 2 N–H and O–H groups in total. The Morgan fingerprint density at radius 1 is 1.24 bits per heavy atom. The maximum Gasteiger partial charge on any atom is 0.328 e. The van der Waals surface area contributed by atoms with E-state index >= 15 is 0 Å². The Morgan fingerprint density at radius 3 is 2.29 bits per heavy atom. The van der Waals surface area contributed by atoms with Gasteiger partial charge in [0.15, 0.2) is 0 Å². The maximum absolute atomic E-state index is 11.0. The standard InChI is InChI=1S/C11H18N4O2/c1-5-7-8(6-2)14-15-10(12-7)13-11(3,4)9(16)17/h5-6H2,1-4H3,(H,16,17)(H,12,13,15). The third-order valence-electron chi connectivity index (χ3n) is 2.47. The van der Waals surface area contributed by atoms with Crippen LogP contribution in [0.25, 0.3) is 0 Å². The zero-order chi connectivity index (χ0) is 13.1. The number of aryl methyl sites for hydroxylation is 2. The van der Waals surface area contributed by atoms with Crippen molar-refractivity contribution in [1.82, 2.24) is 15.2 Å². The van der Waals surface area contributed by atoms with E-state index in [1.54, 1.807) is 13.8 Å². The van der Waals surface area contributed by atoms with Crippen LogP contribution in [0.15, 0.2) is 0 Å². The SMILES string of the molecule is CCc1nnc(NC(C)(C)C(=O)O)nc1CC. The summed E-state index contributed by atoms with van der Waals surface area (Å²) in [4.78, 5) is 15.2. The Hall–Kier alpha value is -1.72. The fourth-order valence-corrected chi connectivity index (χ4v) is 1.32. The smallest absolute Gasteiger partial charge is 0.328 e. The highest BCUT2D eigenvalue weighted by molar-refractivity contribution is 5.80. The van der Waals surface area contributed by atoms with Gasteiger partial charge in [0.2, 0.25) is 5.95 Å². The molecule has 0 aromatic carbocycles. The monoisotopic (exact) mass is 238 g/mol. The van der Waals surface area contributed by atoms with Crippen LogP contribution >= 0.6 is 0 Å². The van der Waals surface area contributed by atoms with Crippen molar-refractivity contribution in [2.45, 2.75) is 46.1 Å². The lowest BCUT2D eigenvalue weighted by atomic mass is 10.1. The van der Waals surface area contributed by atoms with E-state index in [1.165, 1.54) is 0 Å². The number of aliphatic carboxylic acids is 1. The second-order valence-corrected chi connectivity index (χ2v) is 4.29. The zero-order valence-corrected chi connectivity index (χ0v) is 10.6. The van der Waals surface area contributed by atoms with Gasteiger partial charge in [-0.3, -0.25) is 0 Å². The molecule has 0 unspecified atom stereocenters. The number of anilines is 1. The summed E-state index contributed by atoms with van der Waals surface area (Å²) in [7, 11) is 0. The van der Waals surface area contributed by atoms with Crippen LogP contribution < -0.4 is 5.32 Å². The molecule has 1 rings (SSSR count). The Bertz CT molecular complexity index is 418. The Balaban J connectivity index is 2.97. The molecule has 6 nitrogen and oxygen atoms in total. The number of aromatic nitrogens is 3. The minimum atomic E-state index is -1.11. The lowest BCUT2D eigenvalue weighted by Gasteiger charge is -2.20. The highest BCUT2D eigenvalue weighted by Gasteiger charge is 2.28. The van der Waals surface area contributed by atoms with Gasteiger partial charge in [0.1, 0.15) is 5.54 Å². The van der Waals surface area contributed by atoms with Crippen LogP contribution in [-0.4, -0.2) is 31.8 Å². The molecule has 1 aromatic heterocycles. The molecule has 0 amide bonds. The number of rotatable bonds is 5. The summed E-state index contributed by atoms with van der Waals surface area (Å²) in [5.74, 6) is -0.704. The number of carboxylic acids is 1. The largest absolute Gasteiger partial charge is 0.480 e. The summed E-state index contributed by atoms with van der Waals surface area (Å²) >= 11 is 0. The molecule has 0 fully saturated rings. The first kappa shape index (κ1) is 13.3. The number of nitrogens with zero attached hydrogens (tertiary/aromatic N) is 3. The van der Waals surface area contributed by atoms with Crippen molar-refractivity contribution in [3.63, 3.8) is 0 Å². The van der Waals surface area contributed by atoms with Crippen LogP contribution in [0.4, 0.5) is 5.95 Å². The average Bonchev–Trinajstić information content (AvgIpc) is 2.28. The van der Waals surface area contributed by atoms with Gasteiger partial charge in [0.25, 0.3) is 0 Å². The van der Waals surface area contributed by atoms with E-state index in [4.69, 9.17) is 5.11 Å². The fraction of sp³-hybridized carbons (Fsp3) is 0.636. The first-order chi connectivity index (χ1) is 7.90. The summed E-state index contributed by atoms with van der Waals surface area (Å²) in [6.07, 6.45) is 1.52. The summed E-state index contributed by atoms with van der Waals surface area (Å²) in [5, 5.41) is 19.7. The molecule has 0 bridgehead atoms. The van der Waals surface area contributed by atoms with Gasteiger partial charge in [-0.15, -0.1) is 5.10 Å². The topological polar surface area (TPSA) is 88.0 Å². The zero-order valence-electron chi connectivity index (χ0n) is 10.6. The van der Waals surface area contributed by atoms with Crippen molar-refractivity contribution in [1.29, 1.82) is 0 Å². The van der Waals surface area contributed by atoms with Crippen molar-refractivity contribution < 1.29 is 9.90 Å².